The number of non-ortho nitro benzene ring substituents is 1. The van der Waals surface area contributed by atoms with Crippen LogP contribution in [0, 0.1) is 15.9 Å². The van der Waals surface area contributed by atoms with E-state index in [0.29, 0.717) is 13.1 Å². The summed E-state index contributed by atoms with van der Waals surface area (Å²) in [4.78, 5) is 21.6. The van der Waals surface area contributed by atoms with E-state index in [1.54, 1.807) is 0 Å². The van der Waals surface area contributed by atoms with Crippen LogP contribution in [0.15, 0.2) is 24.4 Å². The van der Waals surface area contributed by atoms with Gasteiger partial charge in [-0.25, -0.2) is 4.39 Å². The van der Waals surface area contributed by atoms with Crippen LogP contribution in [0.5, 0.6) is 0 Å². The van der Waals surface area contributed by atoms with E-state index in [1.807, 2.05) is 0 Å². The van der Waals surface area contributed by atoms with Crippen LogP contribution in [0.3, 0.4) is 0 Å². The van der Waals surface area contributed by atoms with Crippen molar-refractivity contribution in [3.05, 3.63) is 46.0 Å². The van der Waals surface area contributed by atoms with Gasteiger partial charge in [0.15, 0.2) is 11.5 Å². The number of carbonyl (C=O) groups is 1. The number of nitrogens with two attached hydrogens (primary N) is 1. The second kappa shape index (κ2) is 6.05. The molecule has 0 aliphatic carbocycles. The van der Waals surface area contributed by atoms with Gasteiger partial charge in [0.25, 0.3) is 11.6 Å². The Morgan fingerprint density at radius 2 is 2.29 bits per heavy atom. The van der Waals surface area contributed by atoms with Crippen LogP contribution in [0.2, 0.25) is 0 Å². The maximum Gasteiger partial charge on any atom is 0.277 e. The van der Waals surface area contributed by atoms with Crippen LogP contribution in [0.25, 0.3) is 0 Å². The molecular weight excluding hydrogens is 283 g/mol. The largest absolute Gasteiger partial charge is 0.329 e. The lowest BCUT2D eigenvalue weighted by Gasteiger charge is -2.03. The van der Waals surface area contributed by atoms with Gasteiger partial charge in [-0.3, -0.25) is 19.6 Å². The molecule has 2 rings (SSSR count). The van der Waals surface area contributed by atoms with E-state index >= 15 is 0 Å². The number of benzene rings is 1. The van der Waals surface area contributed by atoms with E-state index in [2.05, 4.69) is 15.6 Å². The predicted molar refractivity (Wildman–Crippen MR) is 70.1 cm³/mol. The molecule has 9 nitrogen and oxygen atoms in total. The first kappa shape index (κ1) is 14.5. The topological polar surface area (TPSA) is 129 Å². The molecule has 0 fully saturated rings. The van der Waals surface area contributed by atoms with Gasteiger partial charge in [0, 0.05) is 12.6 Å². The maximum absolute atomic E-state index is 13.6. The van der Waals surface area contributed by atoms with Crippen molar-refractivity contribution in [3.8, 4) is 0 Å². The molecule has 1 heterocycles. The van der Waals surface area contributed by atoms with E-state index in [-0.39, 0.29) is 11.4 Å². The summed E-state index contributed by atoms with van der Waals surface area (Å²) in [6.07, 6.45) is 1.37. The minimum Gasteiger partial charge on any atom is -0.329 e. The third kappa shape index (κ3) is 3.36. The number of aromatic nitrogens is 3. The zero-order valence-electron chi connectivity index (χ0n) is 10.7. The Balaban J connectivity index is 2.13. The van der Waals surface area contributed by atoms with Crippen LogP contribution in [0.1, 0.15) is 10.5 Å². The molecule has 1 aromatic heterocycles. The Labute approximate surface area is 117 Å². The average molecular weight is 294 g/mol. The molecule has 2 aromatic rings. The summed E-state index contributed by atoms with van der Waals surface area (Å²) in [5.41, 5.74) is 4.74. The molecule has 10 heteroatoms. The van der Waals surface area contributed by atoms with Gasteiger partial charge >= 0.3 is 0 Å². The number of hydrogen-bond donors (Lipinski definition) is 2. The number of nitrogens with one attached hydrogen (secondary N) is 1. The fraction of sp³-hybridized carbons (Fsp3) is 0.182. The minimum absolute atomic E-state index is 0.0128. The molecule has 3 N–H and O–H groups in total. The zero-order chi connectivity index (χ0) is 15.4. The molecular formula is C11H11FN6O3. The van der Waals surface area contributed by atoms with Gasteiger partial charge in [-0.05, 0) is 6.07 Å². The number of halogens is 1. The number of nitro benzene ring substituents is 1. The number of nitro groups is 1. The lowest BCUT2D eigenvalue weighted by atomic mass is 10.2. The second-order valence-electron chi connectivity index (χ2n) is 4.03. The van der Waals surface area contributed by atoms with E-state index in [1.165, 1.54) is 10.9 Å². The second-order valence-corrected chi connectivity index (χ2v) is 4.03. The van der Waals surface area contributed by atoms with Crippen LogP contribution in [-0.2, 0) is 6.54 Å². The van der Waals surface area contributed by atoms with Gasteiger partial charge in [0.2, 0.25) is 0 Å². The molecule has 0 atom stereocenters. The lowest BCUT2D eigenvalue weighted by Crippen LogP contribution is -2.14. The summed E-state index contributed by atoms with van der Waals surface area (Å²) >= 11 is 0. The average Bonchev–Trinajstić information content (AvgIpc) is 2.90. The molecule has 1 amide bonds. The Bertz CT molecular complexity index is 686. The Hall–Kier alpha value is -2.88. The fourth-order valence-electron chi connectivity index (χ4n) is 1.55. The summed E-state index contributed by atoms with van der Waals surface area (Å²) in [5.74, 6) is -1.59. The maximum atomic E-state index is 13.6. The van der Waals surface area contributed by atoms with Crippen molar-refractivity contribution in [2.24, 2.45) is 5.73 Å². The van der Waals surface area contributed by atoms with Crippen molar-refractivity contribution < 1.29 is 14.1 Å². The molecule has 0 saturated heterocycles. The highest BCUT2D eigenvalue weighted by atomic mass is 19.1. The molecule has 0 aliphatic rings. The number of hydrogen-bond acceptors (Lipinski definition) is 6. The molecule has 0 radical (unpaired) electrons. The molecule has 0 aliphatic heterocycles. The standard InChI is InChI=1S/C11H11FN6O3/c12-8-5-7(18(20)21)1-2-9(8)14-11(19)10-6-17(4-3-13)16-15-10/h1-2,5-6H,3-4,13H2,(H,14,19). The molecule has 0 saturated carbocycles. The predicted octanol–water partition coefficient (Wildman–Crippen LogP) is 0.536. The third-order valence-corrected chi connectivity index (χ3v) is 2.54. The molecule has 0 unspecified atom stereocenters. The van der Waals surface area contributed by atoms with Crippen molar-refractivity contribution >= 4 is 17.3 Å². The first-order valence-electron chi connectivity index (χ1n) is 5.86. The molecule has 110 valence electrons. The van der Waals surface area contributed by atoms with Crippen molar-refractivity contribution in [2.75, 3.05) is 11.9 Å². The van der Waals surface area contributed by atoms with Crippen LogP contribution in [-0.4, -0.2) is 32.4 Å². The molecule has 1 aromatic carbocycles. The minimum atomic E-state index is -0.910. The van der Waals surface area contributed by atoms with Crippen molar-refractivity contribution in [2.45, 2.75) is 6.54 Å². The van der Waals surface area contributed by atoms with Crippen LogP contribution < -0.4 is 11.1 Å². The summed E-state index contributed by atoms with van der Waals surface area (Å²) in [5, 5.41) is 20.0. The van der Waals surface area contributed by atoms with Gasteiger partial charge in [0.05, 0.1) is 29.4 Å². The summed E-state index contributed by atoms with van der Waals surface area (Å²) in [6, 6.07) is 2.92. The molecule has 0 bridgehead atoms. The SMILES string of the molecule is NCCn1cc(C(=O)Nc2ccc([N+](=O)[O-])cc2F)nn1. The first-order chi connectivity index (χ1) is 10.0. The van der Waals surface area contributed by atoms with Crippen molar-refractivity contribution in [1.29, 1.82) is 0 Å². The highest BCUT2D eigenvalue weighted by Crippen LogP contribution is 2.20. The van der Waals surface area contributed by atoms with E-state index in [9.17, 15) is 19.3 Å². The number of carbonyl (C=O) groups excluding carboxylic acids is 1. The molecule has 0 spiro atoms. The van der Waals surface area contributed by atoms with Crippen molar-refractivity contribution in [3.63, 3.8) is 0 Å². The summed E-state index contributed by atoms with van der Waals surface area (Å²) in [6.45, 7) is 0.730. The lowest BCUT2D eigenvalue weighted by molar-refractivity contribution is -0.385. The normalized spacial score (nSPS) is 10.4. The fourth-order valence-corrected chi connectivity index (χ4v) is 1.55. The molecule has 21 heavy (non-hydrogen) atoms. The number of rotatable bonds is 5. The van der Waals surface area contributed by atoms with E-state index < -0.39 is 22.3 Å². The smallest absolute Gasteiger partial charge is 0.277 e. The Morgan fingerprint density at radius 1 is 1.52 bits per heavy atom. The number of nitrogens with zero attached hydrogens (tertiary/aromatic N) is 4. The van der Waals surface area contributed by atoms with E-state index in [4.69, 9.17) is 5.73 Å². The number of anilines is 1. The van der Waals surface area contributed by atoms with Gasteiger partial charge in [-0.1, -0.05) is 5.21 Å². The highest BCUT2D eigenvalue weighted by Gasteiger charge is 2.15. The quantitative estimate of drug-likeness (QED) is 0.611. The van der Waals surface area contributed by atoms with Crippen molar-refractivity contribution in [1.82, 2.24) is 15.0 Å². The zero-order valence-corrected chi connectivity index (χ0v) is 10.7. The van der Waals surface area contributed by atoms with Crippen LogP contribution >= 0.6 is 0 Å². The summed E-state index contributed by atoms with van der Waals surface area (Å²) in [7, 11) is 0. The van der Waals surface area contributed by atoms with E-state index in [0.717, 1.165) is 18.2 Å². The van der Waals surface area contributed by atoms with Gasteiger partial charge < -0.3 is 11.1 Å². The Morgan fingerprint density at radius 3 is 2.90 bits per heavy atom. The van der Waals surface area contributed by atoms with Gasteiger partial charge in [0.1, 0.15) is 0 Å². The monoisotopic (exact) mass is 294 g/mol. The van der Waals surface area contributed by atoms with Gasteiger partial charge in [-0.15, -0.1) is 5.10 Å². The van der Waals surface area contributed by atoms with Gasteiger partial charge in [-0.2, -0.15) is 0 Å². The first-order valence-corrected chi connectivity index (χ1v) is 5.86. The number of amides is 1. The van der Waals surface area contributed by atoms with Crippen LogP contribution in [0.4, 0.5) is 15.8 Å². The highest BCUT2D eigenvalue weighted by molar-refractivity contribution is 6.02. The Kier molecular flexibility index (Phi) is 4.18. The third-order valence-electron chi connectivity index (χ3n) is 2.54. The summed E-state index contributed by atoms with van der Waals surface area (Å²) < 4.78 is 15.0.